The van der Waals surface area contributed by atoms with E-state index in [4.69, 9.17) is 5.73 Å². The van der Waals surface area contributed by atoms with Crippen molar-refractivity contribution in [1.82, 2.24) is 0 Å². The van der Waals surface area contributed by atoms with Crippen molar-refractivity contribution in [2.24, 2.45) is 5.73 Å². The fraction of sp³-hybridized carbons (Fsp3) is 0.462. The summed E-state index contributed by atoms with van der Waals surface area (Å²) in [5.41, 5.74) is 7.03. The van der Waals surface area contributed by atoms with Crippen LogP contribution >= 0.6 is 0 Å². The largest absolute Gasteiger partial charge is 0.330 e. The fourth-order valence-corrected chi connectivity index (χ4v) is 2.73. The number of aldehydes is 1. The van der Waals surface area contributed by atoms with Crippen molar-refractivity contribution in [3.8, 4) is 0 Å². The summed E-state index contributed by atoms with van der Waals surface area (Å²) in [7, 11) is 0. The maximum absolute atomic E-state index is 13.3. The highest BCUT2D eigenvalue weighted by Crippen LogP contribution is 2.41. The standard InChI is InChI=1S/C13H16FNO/c14-11-4-3-10(8-16)12(7-11)13(9-15)5-1-2-6-13/h3-4,7-8H,1-2,5-6,9,15H2. The molecule has 0 radical (unpaired) electrons. The van der Waals surface area contributed by atoms with Crippen molar-refractivity contribution < 1.29 is 9.18 Å². The Kier molecular flexibility index (Phi) is 3.06. The van der Waals surface area contributed by atoms with Gasteiger partial charge in [0.15, 0.2) is 0 Å². The molecule has 0 atom stereocenters. The first kappa shape index (κ1) is 11.3. The quantitative estimate of drug-likeness (QED) is 0.796. The van der Waals surface area contributed by atoms with Gasteiger partial charge in [-0.15, -0.1) is 0 Å². The number of benzene rings is 1. The molecule has 0 spiro atoms. The Labute approximate surface area is 94.6 Å². The predicted molar refractivity (Wildman–Crippen MR) is 61.0 cm³/mol. The highest BCUT2D eigenvalue weighted by molar-refractivity contribution is 5.78. The molecule has 0 unspecified atom stereocenters. The van der Waals surface area contributed by atoms with Gasteiger partial charge in [-0.2, -0.15) is 0 Å². The zero-order chi connectivity index (χ0) is 11.6. The molecule has 0 aromatic heterocycles. The summed E-state index contributed by atoms with van der Waals surface area (Å²) in [5, 5.41) is 0. The van der Waals surface area contributed by atoms with Gasteiger partial charge in [0.2, 0.25) is 0 Å². The number of carbonyl (C=O) groups excluding carboxylic acids is 1. The molecular weight excluding hydrogens is 205 g/mol. The Morgan fingerprint density at radius 1 is 1.38 bits per heavy atom. The minimum absolute atomic E-state index is 0.182. The average Bonchev–Trinajstić information content (AvgIpc) is 2.78. The lowest BCUT2D eigenvalue weighted by Gasteiger charge is -2.29. The van der Waals surface area contributed by atoms with Crippen LogP contribution in [0.5, 0.6) is 0 Å². The molecule has 0 bridgehead atoms. The number of carbonyl (C=O) groups is 1. The van der Waals surface area contributed by atoms with Gasteiger partial charge in [0.05, 0.1) is 0 Å². The van der Waals surface area contributed by atoms with Gasteiger partial charge >= 0.3 is 0 Å². The van der Waals surface area contributed by atoms with Gasteiger partial charge in [0, 0.05) is 17.5 Å². The van der Waals surface area contributed by atoms with E-state index in [1.165, 1.54) is 12.1 Å². The third kappa shape index (κ3) is 1.76. The normalized spacial score (nSPS) is 18.6. The summed E-state index contributed by atoms with van der Waals surface area (Å²) < 4.78 is 13.3. The van der Waals surface area contributed by atoms with Crippen LogP contribution in [0.1, 0.15) is 41.6 Å². The van der Waals surface area contributed by atoms with Crippen LogP contribution in [0.15, 0.2) is 18.2 Å². The van der Waals surface area contributed by atoms with Crippen molar-refractivity contribution >= 4 is 6.29 Å². The molecule has 2 rings (SSSR count). The molecule has 0 saturated heterocycles. The van der Waals surface area contributed by atoms with E-state index in [-0.39, 0.29) is 11.2 Å². The molecule has 1 aromatic rings. The van der Waals surface area contributed by atoms with E-state index in [2.05, 4.69) is 0 Å². The Morgan fingerprint density at radius 3 is 2.62 bits per heavy atom. The summed E-state index contributed by atoms with van der Waals surface area (Å²) in [6.07, 6.45) is 4.91. The van der Waals surface area contributed by atoms with Gasteiger partial charge < -0.3 is 5.73 Å². The third-order valence-corrected chi connectivity index (χ3v) is 3.67. The van der Waals surface area contributed by atoms with Crippen LogP contribution in [0.3, 0.4) is 0 Å². The van der Waals surface area contributed by atoms with Gasteiger partial charge in [-0.3, -0.25) is 4.79 Å². The zero-order valence-electron chi connectivity index (χ0n) is 9.21. The summed E-state index contributed by atoms with van der Waals surface area (Å²) in [6.45, 7) is 0.483. The highest BCUT2D eigenvalue weighted by Gasteiger charge is 2.36. The van der Waals surface area contributed by atoms with Crippen LogP contribution < -0.4 is 5.73 Å². The van der Waals surface area contributed by atoms with E-state index >= 15 is 0 Å². The SMILES string of the molecule is NCC1(c2cc(F)ccc2C=O)CCCC1. The first-order chi connectivity index (χ1) is 7.72. The summed E-state index contributed by atoms with van der Waals surface area (Å²) in [4.78, 5) is 11.0. The molecule has 86 valence electrons. The molecule has 16 heavy (non-hydrogen) atoms. The molecule has 1 saturated carbocycles. The Bertz CT molecular complexity index is 397. The molecule has 2 N–H and O–H groups in total. The van der Waals surface area contributed by atoms with Crippen LogP contribution in [0.4, 0.5) is 4.39 Å². The third-order valence-electron chi connectivity index (χ3n) is 3.67. The number of hydrogen-bond acceptors (Lipinski definition) is 2. The number of rotatable bonds is 3. The topological polar surface area (TPSA) is 43.1 Å². The second-order valence-electron chi connectivity index (χ2n) is 4.54. The maximum Gasteiger partial charge on any atom is 0.150 e. The molecule has 0 amide bonds. The van der Waals surface area contributed by atoms with E-state index in [1.807, 2.05) is 0 Å². The molecule has 3 heteroatoms. The molecule has 1 fully saturated rings. The van der Waals surface area contributed by atoms with Crippen LogP contribution in [-0.4, -0.2) is 12.8 Å². The first-order valence-electron chi connectivity index (χ1n) is 5.67. The predicted octanol–water partition coefficient (Wildman–Crippen LogP) is 2.41. The molecule has 0 heterocycles. The molecule has 1 aliphatic rings. The average molecular weight is 221 g/mol. The van der Waals surface area contributed by atoms with Gasteiger partial charge in [-0.25, -0.2) is 4.39 Å². The molecular formula is C13H16FNO. The lowest BCUT2D eigenvalue weighted by Crippen LogP contribution is -2.33. The number of hydrogen-bond donors (Lipinski definition) is 1. The summed E-state index contributed by atoms with van der Waals surface area (Å²) in [6, 6.07) is 4.35. The van der Waals surface area contributed by atoms with Crippen LogP contribution in [0.25, 0.3) is 0 Å². The van der Waals surface area contributed by atoms with Crippen molar-refractivity contribution in [1.29, 1.82) is 0 Å². The monoisotopic (exact) mass is 221 g/mol. The zero-order valence-corrected chi connectivity index (χ0v) is 9.21. The van der Waals surface area contributed by atoms with Crippen molar-refractivity contribution in [2.45, 2.75) is 31.1 Å². The van der Waals surface area contributed by atoms with Gasteiger partial charge in [0.25, 0.3) is 0 Å². The highest BCUT2D eigenvalue weighted by atomic mass is 19.1. The van der Waals surface area contributed by atoms with Gasteiger partial charge in [-0.1, -0.05) is 12.8 Å². The second kappa shape index (κ2) is 4.34. The van der Waals surface area contributed by atoms with Gasteiger partial charge in [-0.05, 0) is 36.6 Å². The number of halogens is 1. The summed E-state index contributed by atoms with van der Waals surface area (Å²) >= 11 is 0. The van der Waals surface area contributed by atoms with E-state index in [0.29, 0.717) is 12.1 Å². The lowest BCUT2D eigenvalue weighted by molar-refractivity contribution is 0.112. The Morgan fingerprint density at radius 2 is 2.06 bits per heavy atom. The molecule has 2 nitrogen and oxygen atoms in total. The second-order valence-corrected chi connectivity index (χ2v) is 4.54. The summed E-state index contributed by atoms with van der Waals surface area (Å²) in [5.74, 6) is -0.291. The minimum Gasteiger partial charge on any atom is -0.330 e. The Balaban J connectivity index is 2.51. The van der Waals surface area contributed by atoms with Crippen LogP contribution in [-0.2, 0) is 5.41 Å². The van der Waals surface area contributed by atoms with E-state index in [1.54, 1.807) is 6.07 Å². The first-order valence-corrected chi connectivity index (χ1v) is 5.67. The fourth-order valence-electron chi connectivity index (χ4n) is 2.73. The van der Waals surface area contributed by atoms with E-state index in [9.17, 15) is 9.18 Å². The Hall–Kier alpha value is -1.22. The van der Waals surface area contributed by atoms with Crippen molar-refractivity contribution in [3.63, 3.8) is 0 Å². The van der Waals surface area contributed by atoms with E-state index in [0.717, 1.165) is 37.5 Å². The van der Waals surface area contributed by atoms with Crippen molar-refractivity contribution in [3.05, 3.63) is 35.1 Å². The molecule has 1 aliphatic carbocycles. The smallest absolute Gasteiger partial charge is 0.150 e. The van der Waals surface area contributed by atoms with Crippen molar-refractivity contribution in [2.75, 3.05) is 6.54 Å². The minimum atomic E-state index is -0.291. The maximum atomic E-state index is 13.3. The number of nitrogens with two attached hydrogens (primary N) is 1. The lowest BCUT2D eigenvalue weighted by atomic mass is 9.77. The molecule has 0 aliphatic heterocycles. The van der Waals surface area contributed by atoms with Crippen LogP contribution in [0, 0.1) is 5.82 Å². The van der Waals surface area contributed by atoms with Gasteiger partial charge in [0.1, 0.15) is 12.1 Å². The van der Waals surface area contributed by atoms with E-state index < -0.39 is 0 Å². The molecule has 1 aromatic carbocycles. The van der Waals surface area contributed by atoms with Crippen LogP contribution in [0.2, 0.25) is 0 Å².